The molecule has 1 aliphatic heterocycles. The van der Waals surface area contributed by atoms with Crippen LogP contribution in [0.3, 0.4) is 0 Å². The van der Waals surface area contributed by atoms with Gasteiger partial charge in [-0.2, -0.15) is 0 Å². The number of amides is 2. The molecule has 1 fully saturated rings. The van der Waals surface area contributed by atoms with Gasteiger partial charge in [-0.3, -0.25) is 0 Å². The Morgan fingerprint density at radius 3 is 2.67 bits per heavy atom. The standard InChI is InChI=1S/C19H21BrN2OS/c1-13(2)14-6-8-15(9-7-14)18-22(10-11-24-18)19(23)21-17-5-3-4-16(20)12-17/h3-9,12-13,18H,10-11H2,1-2H3,(H,21,23). The van der Waals surface area contributed by atoms with E-state index in [2.05, 4.69) is 59.4 Å². The van der Waals surface area contributed by atoms with Crippen LogP contribution >= 0.6 is 27.7 Å². The van der Waals surface area contributed by atoms with Gasteiger partial charge in [-0.25, -0.2) is 4.79 Å². The summed E-state index contributed by atoms with van der Waals surface area (Å²) in [5.41, 5.74) is 3.32. The Balaban J connectivity index is 1.73. The Bertz CT molecular complexity index is 718. The van der Waals surface area contributed by atoms with E-state index in [4.69, 9.17) is 0 Å². The molecule has 0 saturated carbocycles. The molecule has 24 heavy (non-hydrogen) atoms. The molecular formula is C19H21BrN2OS. The van der Waals surface area contributed by atoms with Crippen molar-refractivity contribution in [3.8, 4) is 0 Å². The Kier molecular flexibility index (Phi) is 5.51. The second kappa shape index (κ2) is 7.62. The molecule has 126 valence electrons. The topological polar surface area (TPSA) is 32.3 Å². The van der Waals surface area contributed by atoms with Crippen molar-refractivity contribution in [2.24, 2.45) is 0 Å². The Morgan fingerprint density at radius 1 is 1.25 bits per heavy atom. The third kappa shape index (κ3) is 3.95. The summed E-state index contributed by atoms with van der Waals surface area (Å²) in [5.74, 6) is 1.48. The Hall–Kier alpha value is -1.46. The Labute approximate surface area is 155 Å². The molecule has 1 heterocycles. The molecule has 0 spiro atoms. The van der Waals surface area contributed by atoms with Gasteiger partial charge in [0.25, 0.3) is 0 Å². The minimum atomic E-state index is -0.0453. The lowest BCUT2D eigenvalue weighted by atomic mass is 10.0. The van der Waals surface area contributed by atoms with Crippen LogP contribution in [0.1, 0.15) is 36.3 Å². The van der Waals surface area contributed by atoms with Crippen LogP contribution in [0.4, 0.5) is 10.5 Å². The minimum Gasteiger partial charge on any atom is -0.308 e. The quantitative estimate of drug-likeness (QED) is 0.695. The van der Waals surface area contributed by atoms with Gasteiger partial charge in [0.05, 0.1) is 0 Å². The van der Waals surface area contributed by atoms with Crippen molar-refractivity contribution >= 4 is 39.4 Å². The second-order valence-corrected chi connectivity index (χ2v) is 8.28. The second-order valence-electron chi connectivity index (χ2n) is 6.18. The van der Waals surface area contributed by atoms with Gasteiger partial charge in [0.15, 0.2) is 0 Å². The molecule has 3 rings (SSSR count). The van der Waals surface area contributed by atoms with Crippen molar-refractivity contribution < 1.29 is 4.79 Å². The number of halogens is 1. The lowest BCUT2D eigenvalue weighted by Gasteiger charge is -2.25. The molecule has 1 aliphatic rings. The van der Waals surface area contributed by atoms with Crippen molar-refractivity contribution in [1.29, 1.82) is 0 Å². The zero-order chi connectivity index (χ0) is 17.1. The van der Waals surface area contributed by atoms with Crippen molar-refractivity contribution in [2.45, 2.75) is 25.1 Å². The normalized spacial score (nSPS) is 17.3. The van der Waals surface area contributed by atoms with Gasteiger partial charge >= 0.3 is 6.03 Å². The molecule has 2 amide bonds. The van der Waals surface area contributed by atoms with Crippen LogP contribution in [-0.4, -0.2) is 23.2 Å². The van der Waals surface area contributed by atoms with E-state index in [1.54, 1.807) is 0 Å². The molecular weight excluding hydrogens is 384 g/mol. The summed E-state index contributed by atoms with van der Waals surface area (Å²) in [6.45, 7) is 5.15. The monoisotopic (exact) mass is 404 g/mol. The van der Waals surface area contributed by atoms with Gasteiger partial charge in [0, 0.05) is 22.5 Å². The highest BCUT2D eigenvalue weighted by Crippen LogP contribution is 2.38. The first kappa shape index (κ1) is 17.4. The molecule has 2 aromatic carbocycles. The number of nitrogens with zero attached hydrogens (tertiary/aromatic N) is 1. The summed E-state index contributed by atoms with van der Waals surface area (Å²) >= 11 is 5.25. The number of hydrogen-bond donors (Lipinski definition) is 1. The maximum Gasteiger partial charge on any atom is 0.323 e. The molecule has 1 N–H and O–H groups in total. The highest BCUT2D eigenvalue weighted by molar-refractivity contribution is 9.10. The molecule has 1 unspecified atom stereocenters. The Morgan fingerprint density at radius 2 is 2.00 bits per heavy atom. The number of carbonyl (C=O) groups is 1. The summed E-state index contributed by atoms with van der Waals surface area (Å²) in [6.07, 6.45) is 0. The van der Waals surface area contributed by atoms with Crippen LogP contribution < -0.4 is 5.32 Å². The van der Waals surface area contributed by atoms with Crippen LogP contribution in [0, 0.1) is 0 Å². The van der Waals surface area contributed by atoms with Crippen molar-refractivity contribution in [3.05, 3.63) is 64.1 Å². The van der Waals surface area contributed by atoms with Crippen LogP contribution in [0.5, 0.6) is 0 Å². The maximum atomic E-state index is 12.7. The number of anilines is 1. The maximum absolute atomic E-state index is 12.7. The molecule has 0 aromatic heterocycles. The minimum absolute atomic E-state index is 0.0453. The van der Waals surface area contributed by atoms with E-state index < -0.39 is 0 Å². The van der Waals surface area contributed by atoms with E-state index in [9.17, 15) is 4.79 Å². The fourth-order valence-electron chi connectivity index (χ4n) is 2.76. The molecule has 1 saturated heterocycles. The van der Waals surface area contributed by atoms with Crippen molar-refractivity contribution in [2.75, 3.05) is 17.6 Å². The zero-order valence-electron chi connectivity index (χ0n) is 13.8. The lowest BCUT2D eigenvalue weighted by Crippen LogP contribution is -2.34. The SMILES string of the molecule is CC(C)c1ccc(C2SCCN2C(=O)Nc2cccc(Br)c2)cc1. The van der Waals surface area contributed by atoms with Gasteiger partial charge < -0.3 is 10.2 Å². The van der Waals surface area contributed by atoms with Gasteiger partial charge in [-0.05, 0) is 35.2 Å². The molecule has 1 atom stereocenters. The van der Waals surface area contributed by atoms with Crippen LogP contribution in [0.2, 0.25) is 0 Å². The van der Waals surface area contributed by atoms with E-state index in [0.717, 1.165) is 22.5 Å². The summed E-state index contributed by atoms with van der Waals surface area (Å²) in [7, 11) is 0. The molecule has 0 bridgehead atoms. The van der Waals surface area contributed by atoms with Crippen molar-refractivity contribution in [1.82, 2.24) is 4.90 Å². The molecule has 2 aromatic rings. The average molecular weight is 405 g/mol. The van der Waals surface area contributed by atoms with E-state index in [0.29, 0.717) is 5.92 Å². The molecule has 0 radical (unpaired) electrons. The van der Waals surface area contributed by atoms with Crippen LogP contribution in [0.25, 0.3) is 0 Å². The zero-order valence-corrected chi connectivity index (χ0v) is 16.2. The number of nitrogens with one attached hydrogen (secondary N) is 1. The van der Waals surface area contributed by atoms with Gasteiger partial charge in [-0.15, -0.1) is 11.8 Å². The fourth-order valence-corrected chi connectivity index (χ4v) is 4.42. The molecule has 3 nitrogen and oxygen atoms in total. The van der Waals surface area contributed by atoms with Gasteiger partial charge in [0.1, 0.15) is 5.37 Å². The smallest absolute Gasteiger partial charge is 0.308 e. The third-order valence-electron chi connectivity index (χ3n) is 4.12. The lowest BCUT2D eigenvalue weighted by molar-refractivity contribution is 0.214. The largest absolute Gasteiger partial charge is 0.323 e. The predicted octanol–water partition coefficient (Wildman–Crippen LogP) is 5.85. The summed E-state index contributed by atoms with van der Waals surface area (Å²) in [5, 5.41) is 3.08. The first-order chi connectivity index (χ1) is 11.5. The average Bonchev–Trinajstić information content (AvgIpc) is 3.04. The first-order valence-corrected chi connectivity index (χ1v) is 9.93. The molecule has 0 aliphatic carbocycles. The summed E-state index contributed by atoms with van der Waals surface area (Å²) < 4.78 is 0.955. The van der Waals surface area contributed by atoms with E-state index in [1.807, 2.05) is 40.9 Å². The van der Waals surface area contributed by atoms with Gasteiger partial charge in [0.2, 0.25) is 0 Å². The third-order valence-corrected chi connectivity index (χ3v) is 5.87. The highest BCUT2D eigenvalue weighted by atomic mass is 79.9. The predicted molar refractivity (Wildman–Crippen MR) is 106 cm³/mol. The van der Waals surface area contributed by atoms with Crippen LogP contribution in [-0.2, 0) is 0 Å². The van der Waals surface area contributed by atoms with Gasteiger partial charge in [-0.1, -0.05) is 60.1 Å². The first-order valence-electron chi connectivity index (χ1n) is 8.09. The summed E-state index contributed by atoms with van der Waals surface area (Å²) in [6, 6.07) is 16.3. The number of thioether (sulfide) groups is 1. The summed E-state index contributed by atoms with van der Waals surface area (Å²) in [4.78, 5) is 14.6. The number of carbonyl (C=O) groups excluding carboxylic acids is 1. The fraction of sp³-hybridized carbons (Fsp3) is 0.316. The van der Waals surface area contributed by atoms with E-state index in [1.165, 1.54) is 11.1 Å². The molecule has 5 heteroatoms. The number of hydrogen-bond acceptors (Lipinski definition) is 2. The number of rotatable bonds is 3. The van der Waals surface area contributed by atoms with Crippen molar-refractivity contribution in [3.63, 3.8) is 0 Å². The van der Waals surface area contributed by atoms with Crippen LogP contribution in [0.15, 0.2) is 53.0 Å². The number of benzene rings is 2. The number of urea groups is 1. The van der Waals surface area contributed by atoms with E-state index in [-0.39, 0.29) is 11.4 Å². The highest BCUT2D eigenvalue weighted by Gasteiger charge is 2.30. The van der Waals surface area contributed by atoms with E-state index >= 15 is 0 Å².